The lowest BCUT2D eigenvalue weighted by Crippen LogP contribution is -2.54. The Hall–Kier alpha value is -0.0800. The maximum Gasteiger partial charge on any atom is 0.0330 e. The molecular weight excluding hydrogens is 184 g/mol. The van der Waals surface area contributed by atoms with Crippen molar-refractivity contribution in [3.8, 4) is 0 Å². The molecule has 0 radical (unpaired) electrons. The molecule has 0 bridgehead atoms. The number of likely N-dealkylation sites (N-methyl/N-ethyl adjacent to an activating group) is 1. The molecule has 2 aliphatic rings. The Bertz CT molecular complexity index is 199. The monoisotopic (exact) mass is 210 g/mol. The molecule has 15 heavy (non-hydrogen) atoms. The fraction of sp³-hybridized carbons (Fsp3) is 1.00. The molecule has 0 aromatic carbocycles. The van der Waals surface area contributed by atoms with Gasteiger partial charge in [0.15, 0.2) is 0 Å². The van der Waals surface area contributed by atoms with Gasteiger partial charge >= 0.3 is 0 Å². The molecule has 0 spiro atoms. The zero-order valence-electron chi connectivity index (χ0n) is 10.4. The van der Waals surface area contributed by atoms with Crippen molar-refractivity contribution < 1.29 is 0 Å². The second-order valence-electron chi connectivity index (χ2n) is 5.64. The number of rotatable bonds is 1. The summed E-state index contributed by atoms with van der Waals surface area (Å²) >= 11 is 0. The van der Waals surface area contributed by atoms with Gasteiger partial charge in [-0.15, -0.1) is 0 Å². The summed E-state index contributed by atoms with van der Waals surface area (Å²) in [7, 11) is 2.32. The molecule has 2 heteroatoms. The van der Waals surface area contributed by atoms with E-state index in [1.165, 1.54) is 58.2 Å². The van der Waals surface area contributed by atoms with Gasteiger partial charge in [0.2, 0.25) is 0 Å². The number of nitrogens with one attached hydrogen (secondary N) is 1. The van der Waals surface area contributed by atoms with Crippen LogP contribution in [0.2, 0.25) is 0 Å². The molecule has 1 atom stereocenters. The molecular formula is C13H26N2. The van der Waals surface area contributed by atoms with Crippen molar-refractivity contribution in [2.24, 2.45) is 5.92 Å². The van der Waals surface area contributed by atoms with E-state index in [1.54, 1.807) is 0 Å². The van der Waals surface area contributed by atoms with E-state index in [9.17, 15) is 0 Å². The van der Waals surface area contributed by atoms with Gasteiger partial charge in [0.25, 0.3) is 0 Å². The average Bonchev–Trinajstić information content (AvgIpc) is 2.44. The van der Waals surface area contributed by atoms with Crippen LogP contribution in [0, 0.1) is 5.92 Å². The van der Waals surface area contributed by atoms with Crippen LogP contribution in [0.4, 0.5) is 0 Å². The van der Waals surface area contributed by atoms with Crippen molar-refractivity contribution in [3.63, 3.8) is 0 Å². The lowest BCUT2D eigenvalue weighted by atomic mass is 9.75. The number of hydrogen-bond donors (Lipinski definition) is 1. The summed E-state index contributed by atoms with van der Waals surface area (Å²) in [5.74, 6) is 0.918. The molecule has 2 nitrogen and oxygen atoms in total. The predicted octanol–water partition coefficient (Wildman–Crippen LogP) is 2.25. The van der Waals surface area contributed by atoms with E-state index in [0.717, 1.165) is 5.92 Å². The third kappa shape index (κ3) is 2.36. The van der Waals surface area contributed by atoms with Crippen molar-refractivity contribution in [1.29, 1.82) is 0 Å². The van der Waals surface area contributed by atoms with E-state index in [1.807, 2.05) is 0 Å². The standard InChI is InChI=1S/C13H26N2/c1-13(12-7-4-3-5-8-12)11-14-9-6-10-15(13)2/h12,14H,3-11H2,1-2H3. The Morgan fingerprint density at radius 2 is 1.87 bits per heavy atom. The van der Waals surface area contributed by atoms with Crippen molar-refractivity contribution in [1.82, 2.24) is 10.2 Å². The van der Waals surface area contributed by atoms with Crippen LogP contribution in [-0.4, -0.2) is 37.1 Å². The minimum Gasteiger partial charge on any atom is -0.315 e. The highest BCUT2D eigenvalue weighted by Crippen LogP contribution is 2.36. The fourth-order valence-electron chi connectivity index (χ4n) is 3.35. The minimum absolute atomic E-state index is 0.414. The first-order valence-corrected chi connectivity index (χ1v) is 6.65. The van der Waals surface area contributed by atoms with Crippen molar-refractivity contribution in [2.45, 2.75) is 51.0 Å². The van der Waals surface area contributed by atoms with Crippen LogP contribution in [0.5, 0.6) is 0 Å². The predicted molar refractivity (Wildman–Crippen MR) is 65.1 cm³/mol. The molecule has 0 amide bonds. The van der Waals surface area contributed by atoms with Crippen LogP contribution in [0.1, 0.15) is 45.4 Å². The fourth-order valence-corrected chi connectivity index (χ4v) is 3.35. The molecule has 1 saturated heterocycles. The van der Waals surface area contributed by atoms with Gasteiger partial charge in [-0.25, -0.2) is 0 Å². The molecule has 1 N–H and O–H groups in total. The number of hydrogen-bond acceptors (Lipinski definition) is 2. The highest BCUT2D eigenvalue weighted by molar-refractivity contribution is 4.95. The summed E-state index contributed by atoms with van der Waals surface area (Å²) in [6.07, 6.45) is 8.57. The van der Waals surface area contributed by atoms with Gasteiger partial charge in [-0.1, -0.05) is 19.3 Å². The third-order valence-electron chi connectivity index (χ3n) is 4.69. The van der Waals surface area contributed by atoms with E-state index in [-0.39, 0.29) is 0 Å². The van der Waals surface area contributed by atoms with Crippen LogP contribution in [-0.2, 0) is 0 Å². The first-order chi connectivity index (χ1) is 7.23. The molecule has 1 aliphatic heterocycles. The second kappa shape index (κ2) is 4.84. The van der Waals surface area contributed by atoms with Gasteiger partial charge in [0, 0.05) is 12.1 Å². The summed E-state index contributed by atoms with van der Waals surface area (Å²) in [6, 6.07) is 0. The maximum atomic E-state index is 3.62. The van der Waals surface area contributed by atoms with E-state index in [4.69, 9.17) is 0 Å². The Morgan fingerprint density at radius 3 is 2.60 bits per heavy atom. The van der Waals surface area contributed by atoms with Gasteiger partial charge in [0.1, 0.15) is 0 Å². The molecule has 1 aliphatic carbocycles. The van der Waals surface area contributed by atoms with E-state index >= 15 is 0 Å². The first-order valence-electron chi connectivity index (χ1n) is 6.65. The molecule has 0 aromatic heterocycles. The second-order valence-corrected chi connectivity index (χ2v) is 5.64. The van der Waals surface area contributed by atoms with Crippen molar-refractivity contribution in [2.75, 3.05) is 26.7 Å². The molecule has 1 saturated carbocycles. The Morgan fingerprint density at radius 1 is 1.13 bits per heavy atom. The highest BCUT2D eigenvalue weighted by atomic mass is 15.2. The lowest BCUT2D eigenvalue weighted by molar-refractivity contribution is 0.0607. The summed E-state index contributed by atoms with van der Waals surface area (Å²) < 4.78 is 0. The average molecular weight is 210 g/mol. The highest BCUT2D eigenvalue weighted by Gasteiger charge is 2.38. The topological polar surface area (TPSA) is 15.3 Å². The Labute approximate surface area is 94.4 Å². The van der Waals surface area contributed by atoms with E-state index in [0.29, 0.717) is 5.54 Å². The number of nitrogens with zero attached hydrogens (tertiary/aromatic N) is 1. The Balaban J connectivity index is 2.06. The van der Waals surface area contributed by atoms with Crippen molar-refractivity contribution in [3.05, 3.63) is 0 Å². The van der Waals surface area contributed by atoms with Crippen LogP contribution in [0.25, 0.3) is 0 Å². The quantitative estimate of drug-likeness (QED) is 0.714. The largest absolute Gasteiger partial charge is 0.315 e. The maximum absolute atomic E-state index is 3.62. The van der Waals surface area contributed by atoms with Gasteiger partial charge in [0.05, 0.1) is 0 Å². The normalized spacial score (nSPS) is 36.4. The molecule has 2 rings (SSSR count). The first kappa shape index (κ1) is 11.4. The van der Waals surface area contributed by atoms with Crippen LogP contribution >= 0.6 is 0 Å². The summed E-state index contributed by atoms with van der Waals surface area (Å²) in [5, 5.41) is 3.62. The summed E-state index contributed by atoms with van der Waals surface area (Å²) in [5.41, 5.74) is 0.414. The van der Waals surface area contributed by atoms with Gasteiger partial charge in [-0.05, 0) is 52.2 Å². The van der Waals surface area contributed by atoms with Gasteiger partial charge in [-0.3, -0.25) is 4.90 Å². The smallest absolute Gasteiger partial charge is 0.0330 e. The lowest BCUT2D eigenvalue weighted by Gasteiger charge is -2.45. The van der Waals surface area contributed by atoms with E-state index < -0.39 is 0 Å². The zero-order chi connectivity index (χ0) is 10.7. The van der Waals surface area contributed by atoms with Gasteiger partial charge in [-0.2, -0.15) is 0 Å². The molecule has 1 unspecified atom stereocenters. The molecule has 1 heterocycles. The molecule has 88 valence electrons. The molecule has 0 aromatic rings. The van der Waals surface area contributed by atoms with Crippen LogP contribution in [0.3, 0.4) is 0 Å². The third-order valence-corrected chi connectivity index (χ3v) is 4.69. The van der Waals surface area contributed by atoms with E-state index in [2.05, 4.69) is 24.2 Å². The molecule has 2 fully saturated rings. The van der Waals surface area contributed by atoms with Crippen LogP contribution < -0.4 is 5.32 Å². The SMILES string of the molecule is CN1CCCNCC1(C)C1CCCCC1. The summed E-state index contributed by atoms with van der Waals surface area (Å²) in [4.78, 5) is 2.61. The minimum atomic E-state index is 0.414. The van der Waals surface area contributed by atoms with Gasteiger partial charge < -0.3 is 5.32 Å². The zero-order valence-corrected chi connectivity index (χ0v) is 10.4. The summed E-state index contributed by atoms with van der Waals surface area (Å²) in [6.45, 7) is 6.13. The van der Waals surface area contributed by atoms with Crippen LogP contribution in [0.15, 0.2) is 0 Å². The van der Waals surface area contributed by atoms with Crippen molar-refractivity contribution >= 4 is 0 Å². The Kier molecular flexibility index (Phi) is 3.68.